The van der Waals surface area contributed by atoms with E-state index in [0.29, 0.717) is 12.8 Å². The number of nitrogens with zero attached hydrogens (tertiary/aromatic N) is 1. The topological polar surface area (TPSA) is 87.7 Å². The lowest BCUT2D eigenvalue weighted by molar-refractivity contribution is -0.122. The third-order valence-corrected chi connectivity index (χ3v) is 3.87. The second kappa shape index (κ2) is 6.41. The van der Waals surface area contributed by atoms with Crippen molar-refractivity contribution in [1.29, 1.82) is 0 Å². The quantitative estimate of drug-likeness (QED) is 0.335. The fourth-order valence-corrected chi connectivity index (χ4v) is 2.34. The van der Waals surface area contributed by atoms with Crippen molar-refractivity contribution in [3.63, 3.8) is 0 Å². The third-order valence-electron chi connectivity index (χ3n) is 3.87. The maximum atomic E-state index is 12.6. The lowest BCUT2D eigenvalue weighted by atomic mass is 9.80. The zero-order valence-electron chi connectivity index (χ0n) is 12.5. The van der Waals surface area contributed by atoms with E-state index in [2.05, 4.69) is 10.5 Å². The molecule has 20 heavy (non-hydrogen) atoms. The molecular weight excluding hydrogens is 254 g/mol. The summed E-state index contributed by atoms with van der Waals surface area (Å²) in [7, 11) is 0. The van der Waals surface area contributed by atoms with Gasteiger partial charge in [-0.05, 0) is 38.3 Å². The Labute approximate surface area is 119 Å². The highest BCUT2D eigenvalue weighted by atomic mass is 16.4. The van der Waals surface area contributed by atoms with Crippen LogP contribution in [-0.4, -0.2) is 17.0 Å². The molecule has 0 heterocycles. The maximum absolute atomic E-state index is 12.6. The number of nitrogens with two attached hydrogens (primary N) is 1. The van der Waals surface area contributed by atoms with Crippen molar-refractivity contribution in [3.05, 3.63) is 29.3 Å². The maximum Gasteiger partial charge on any atom is 0.238 e. The van der Waals surface area contributed by atoms with Crippen LogP contribution in [0, 0.1) is 19.3 Å². The van der Waals surface area contributed by atoms with E-state index in [1.165, 1.54) is 0 Å². The van der Waals surface area contributed by atoms with E-state index >= 15 is 0 Å². The number of anilines is 1. The molecule has 0 atom stereocenters. The van der Waals surface area contributed by atoms with Crippen LogP contribution in [0.2, 0.25) is 0 Å². The predicted molar refractivity (Wildman–Crippen MR) is 81.0 cm³/mol. The molecule has 0 unspecified atom stereocenters. The Bertz CT molecular complexity index is 520. The van der Waals surface area contributed by atoms with Crippen LogP contribution in [0.4, 0.5) is 5.69 Å². The highest BCUT2D eigenvalue weighted by Crippen LogP contribution is 2.29. The number of oxime groups is 1. The molecule has 5 nitrogen and oxygen atoms in total. The molecule has 1 aromatic carbocycles. The molecule has 0 aromatic heterocycles. The number of carbonyl (C=O) groups excluding carboxylic acids is 1. The Morgan fingerprint density at radius 3 is 2.40 bits per heavy atom. The first-order valence-electron chi connectivity index (χ1n) is 6.78. The smallest absolute Gasteiger partial charge is 0.238 e. The van der Waals surface area contributed by atoms with Crippen molar-refractivity contribution in [2.45, 2.75) is 40.5 Å². The molecule has 4 N–H and O–H groups in total. The molecule has 110 valence electrons. The van der Waals surface area contributed by atoms with E-state index in [1.807, 2.05) is 45.9 Å². The highest BCUT2D eigenvalue weighted by Gasteiger charge is 2.39. The summed E-state index contributed by atoms with van der Waals surface area (Å²) < 4.78 is 0. The summed E-state index contributed by atoms with van der Waals surface area (Å²) in [5.41, 5.74) is 7.62. The Morgan fingerprint density at radius 2 is 1.95 bits per heavy atom. The van der Waals surface area contributed by atoms with Gasteiger partial charge in [0.15, 0.2) is 5.84 Å². The van der Waals surface area contributed by atoms with E-state index in [1.54, 1.807) is 0 Å². The molecule has 0 fully saturated rings. The molecule has 1 amide bonds. The molecule has 5 heteroatoms. The molecule has 1 rings (SSSR count). The zero-order valence-corrected chi connectivity index (χ0v) is 12.5. The number of amides is 1. The molecule has 0 aliphatic carbocycles. The largest absolute Gasteiger partial charge is 0.409 e. The fraction of sp³-hybridized carbons (Fsp3) is 0.467. The molecule has 0 bridgehead atoms. The van der Waals surface area contributed by atoms with Gasteiger partial charge in [0.2, 0.25) is 5.91 Å². The molecule has 0 aliphatic heterocycles. The Hall–Kier alpha value is -2.04. The Morgan fingerprint density at radius 1 is 1.35 bits per heavy atom. The first-order valence-corrected chi connectivity index (χ1v) is 6.78. The van der Waals surface area contributed by atoms with Gasteiger partial charge in [0.1, 0.15) is 5.41 Å². The summed E-state index contributed by atoms with van der Waals surface area (Å²) in [4.78, 5) is 12.6. The number of hydrogen-bond donors (Lipinski definition) is 3. The molecule has 0 spiro atoms. The summed E-state index contributed by atoms with van der Waals surface area (Å²) in [6.07, 6.45) is 0.937. The first-order chi connectivity index (χ1) is 9.41. The van der Waals surface area contributed by atoms with Gasteiger partial charge in [0.05, 0.1) is 0 Å². The summed E-state index contributed by atoms with van der Waals surface area (Å²) in [6, 6.07) is 5.80. The minimum atomic E-state index is -0.980. The number of amidine groups is 1. The van der Waals surface area contributed by atoms with Gasteiger partial charge in [0.25, 0.3) is 0 Å². The van der Waals surface area contributed by atoms with Crippen LogP contribution in [0.3, 0.4) is 0 Å². The van der Waals surface area contributed by atoms with Crippen LogP contribution in [-0.2, 0) is 4.79 Å². The van der Waals surface area contributed by atoms with E-state index in [-0.39, 0.29) is 11.7 Å². The second-order valence-electron chi connectivity index (χ2n) is 5.05. The van der Waals surface area contributed by atoms with Gasteiger partial charge in [-0.15, -0.1) is 0 Å². The monoisotopic (exact) mass is 277 g/mol. The lowest BCUT2D eigenvalue weighted by Gasteiger charge is -2.29. The Balaban J connectivity index is 3.09. The highest BCUT2D eigenvalue weighted by molar-refractivity contribution is 6.12. The van der Waals surface area contributed by atoms with Crippen LogP contribution >= 0.6 is 0 Å². The molecule has 0 radical (unpaired) electrons. The minimum Gasteiger partial charge on any atom is -0.409 e. The molecule has 1 aromatic rings. The molecule has 0 aliphatic rings. The summed E-state index contributed by atoms with van der Waals surface area (Å²) in [5.74, 6) is -0.297. The SMILES string of the molecule is CCC(CC)(C(=O)Nc1ccc(C)cc1C)C(N)=NO. The van der Waals surface area contributed by atoms with Crippen molar-refractivity contribution in [3.8, 4) is 0 Å². The second-order valence-corrected chi connectivity index (χ2v) is 5.05. The van der Waals surface area contributed by atoms with E-state index in [4.69, 9.17) is 10.9 Å². The molecule has 0 saturated heterocycles. The van der Waals surface area contributed by atoms with Crippen LogP contribution in [0.15, 0.2) is 23.4 Å². The standard InChI is InChI=1S/C15H23N3O2/c1-5-15(6-2,13(16)18-20)14(19)17-12-8-7-10(3)9-11(12)4/h7-9,20H,5-6H2,1-4H3,(H2,16,18)(H,17,19). The van der Waals surface area contributed by atoms with Crippen molar-refractivity contribution in [2.75, 3.05) is 5.32 Å². The van der Waals surface area contributed by atoms with Gasteiger partial charge in [-0.1, -0.05) is 36.7 Å². The zero-order chi connectivity index (χ0) is 15.3. The van der Waals surface area contributed by atoms with Gasteiger partial charge in [-0.25, -0.2) is 0 Å². The van der Waals surface area contributed by atoms with Gasteiger partial charge in [0, 0.05) is 5.69 Å². The first kappa shape index (κ1) is 16.0. The number of rotatable bonds is 5. The van der Waals surface area contributed by atoms with Gasteiger partial charge >= 0.3 is 0 Å². The van der Waals surface area contributed by atoms with E-state index in [0.717, 1.165) is 16.8 Å². The van der Waals surface area contributed by atoms with Crippen LogP contribution < -0.4 is 11.1 Å². The van der Waals surface area contributed by atoms with Crippen molar-refractivity contribution in [2.24, 2.45) is 16.3 Å². The minimum absolute atomic E-state index is 0.0511. The number of aryl methyl sites for hydroxylation is 2. The predicted octanol–water partition coefficient (Wildman–Crippen LogP) is 2.79. The number of nitrogens with one attached hydrogen (secondary N) is 1. The van der Waals surface area contributed by atoms with E-state index < -0.39 is 5.41 Å². The van der Waals surface area contributed by atoms with Crippen LogP contribution in [0.1, 0.15) is 37.8 Å². The fourth-order valence-electron chi connectivity index (χ4n) is 2.34. The average Bonchev–Trinajstić information content (AvgIpc) is 2.43. The summed E-state index contributed by atoms with van der Waals surface area (Å²) in [5, 5.41) is 14.8. The number of hydrogen-bond acceptors (Lipinski definition) is 3. The average molecular weight is 277 g/mol. The summed E-state index contributed by atoms with van der Waals surface area (Å²) >= 11 is 0. The van der Waals surface area contributed by atoms with Gasteiger partial charge < -0.3 is 16.3 Å². The van der Waals surface area contributed by atoms with Crippen molar-refractivity contribution in [1.82, 2.24) is 0 Å². The van der Waals surface area contributed by atoms with E-state index in [9.17, 15) is 4.79 Å². The summed E-state index contributed by atoms with van der Waals surface area (Å²) in [6.45, 7) is 7.63. The number of benzene rings is 1. The van der Waals surface area contributed by atoms with Crippen molar-refractivity contribution < 1.29 is 10.0 Å². The van der Waals surface area contributed by atoms with Crippen molar-refractivity contribution >= 4 is 17.4 Å². The molecular formula is C15H23N3O2. The third kappa shape index (κ3) is 2.92. The molecule has 0 saturated carbocycles. The van der Waals surface area contributed by atoms with Crippen LogP contribution in [0.5, 0.6) is 0 Å². The van der Waals surface area contributed by atoms with Gasteiger partial charge in [-0.3, -0.25) is 4.79 Å². The van der Waals surface area contributed by atoms with Crippen LogP contribution in [0.25, 0.3) is 0 Å². The number of carbonyl (C=O) groups is 1. The normalized spacial score (nSPS) is 12.3. The Kier molecular flexibility index (Phi) is 5.13. The lowest BCUT2D eigenvalue weighted by Crippen LogP contribution is -2.46. The van der Waals surface area contributed by atoms with Gasteiger partial charge in [-0.2, -0.15) is 0 Å².